The van der Waals surface area contributed by atoms with Crippen LogP contribution in [-0.2, 0) is 4.79 Å². The number of aliphatic hydroxyl groups is 2. The van der Waals surface area contributed by atoms with Gasteiger partial charge in [0.2, 0.25) is 0 Å². The summed E-state index contributed by atoms with van der Waals surface area (Å²) < 4.78 is 0. The highest BCUT2D eigenvalue weighted by Gasteiger charge is 2.19. The number of aliphatic carboxylic acids is 1. The highest BCUT2D eigenvalue weighted by molar-refractivity contribution is 5.77. The molecule has 1 unspecified atom stereocenters. The summed E-state index contributed by atoms with van der Waals surface area (Å²) in [6.45, 7) is 3.64. The molecule has 0 aromatic rings. The maximum absolute atomic E-state index is 11.6. The lowest BCUT2D eigenvalue weighted by Crippen LogP contribution is -2.47. The van der Waals surface area contributed by atoms with E-state index in [0.29, 0.717) is 13.0 Å². The number of carboxylic acid groups (broad SMARTS) is 1. The van der Waals surface area contributed by atoms with E-state index < -0.39 is 18.1 Å². The lowest BCUT2D eigenvalue weighted by atomic mass is 10.3. The lowest BCUT2D eigenvalue weighted by molar-refractivity contribution is -0.146. The molecule has 0 rings (SSSR count). The number of hydrogen-bond donors (Lipinski definition) is 4. The zero-order valence-electron chi connectivity index (χ0n) is 10.1. The van der Waals surface area contributed by atoms with Gasteiger partial charge in [0.05, 0.1) is 6.54 Å². The van der Waals surface area contributed by atoms with Crippen LogP contribution in [0, 0.1) is 0 Å². The lowest BCUT2D eigenvalue weighted by Gasteiger charge is -2.27. The monoisotopic (exact) mass is 248 g/mol. The molecule has 0 bridgehead atoms. The number of hydrogen-bond acceptors (Lipinski definition) is 4. The minimum absolute atomic E-state index is 0.0196. The molecule has 0 fully saturated rings. The summed E-state index contributed by atoms with van der Waals surface area (Å²) in [5.41, 5.74) is 0. The molecule has 0 radical (unpaired) electrons. The molecule has 0 aliphatic rings. The van der Waals surface area contributed by atoms with E-state index >= 15 is 0 Å². The minimum atomic E-state index is -1.61. The second-order valence-corrected chi connectivity index (χ2v) is 3.90. The van der Waals surface area contributed by atoms with E-state index in [0.717, 1.165) is 0 Å². The first-order valence-corrected chi connectivity index (χ1v) is 5.46. The van der Waals surface area contributed by atoms with Crippen LogP contribution in [0.2, 0.25) is 0 Å². The molecule has 4 N–H and O–H groups in total. The van der Waals surface area contributed by atoms with Crippen molar-refractivity contribution in [1.29, 1.82) is 0 Å². The van der Waals surface area contributed by atoms with Crippen molar-refractivity contribution in [2.24, 2.45) is 0 Å². The predicted octanol–water partition coefficient (Wildman–Crippen LogP) is -0.766. The average molecular weight is 248 g/mol. The Bertz CT molecular complexity index is 257. The van der Waals surface area contributed by atoms with Gasteiger partial charge in [0.15, 0.2) is 6.10 Å². The molecule has 17 heavy (non-hydrogen) atoms. The summed E-state index contributed by atoms with van der Waals surface area (Å²) in [5.74, 6) is -1.38. The summed E-state index contributed by atoms with van der Waals surface area (Å²) >= 11 is 0. The van der Waals surface area contributed by atoms with Crippen molar-refractivity contribution in [3.8, 4) is 0 Å². The van der Waals surface area contributed by atoms with Gasteiger partial charge in [-0.05, 0) is 20.3 Å². The number of rotatable bonds is 7. The fourth-order valence-corrected chi connectivity index (χ4v) is 1.21. The third-order valence-corrected chi connectivity index (χ3v) is 2.17. The normalized spacial score (nSPS) is 12.3. The molecule has 0 aromatic carbocycles. The molecule has 0 aromatic heterocycles. The van der Waals surface area contributed by atoms with Gasteiger partial charge < -0.3 is 25.5 Å². The maximum atomic E-state index is 11.6. The van der Waals surface area contributed by atoms with E-state index in [2.05, 4.69) is 5.32 Å². The molecule has 0 saturated carbocycles. The Labute approximate surface area is 100 Å². The third kappa shape index (κ3) is 6.08. The van der Waals surface area contributed by atoms with Crippen LogP contribution in [0.15, 0.2) is 0 Å². The molecule has 0 spiro atoms. The Balaban J connectivity index is 4.18. The zero-order valence-corrected chi connectivity index (χ0v) is 10.1. The predicted molar refractivity (Wildman–Crippen MR) is 60.6 cm³/mol. The Kier molecular flexibility index (Phi) is 7.24. The molecule has 0 aliphatic carbocycles. The van der Waals surface area contributed by atoms with Gasteiger partial charge in [0.25, 0.3) is 0 Å². The van der Waals surface area contributed by atoms with Crippen molar-refractivity contribution in [2.75, 3.05) is 19.7 Å². The molecule has 2 amide bonds. The molecular weight excluding hydrogens is 228 g/mol. The fraction of sp³-hybridized carbons (Fsp3) is 0.800. The highest BCUT2D eigenvalue weighted by Crippen LogP contribution is 2.00. The first-order chi connectivity index (χ1) is 7.90. The molecular formula is C10H20N2O5. The number of carbonyl (C=O) groups is 2. The topological polar surface area (TPSA) is 110 Å². The van der Waals surface area contributed by atoms with Crippen molar-refractivity contribution in [2.45, 2.75) is 32.4 Å². The maximum Gasteiger partial charge on any atom is 0.334 e. The summed E-state index contributed by atoms with van der Waals surface area (Å²) in [5, 5.41) is 28.5. The summed E-state index contributed by atoms with van der Waals surface area (Å²) in [6.07, 6.45) is -1.15. The first-order valence-electron chi connectivity index (χ1n) is 5.46. The third-order valence-electron chi connectivity index (χ3n) is 2.17. The van der Waals surface area contributed by atoms with E-state index in [1.807, 2.05) is 13.8 Å². The van der Waals surface area contributed by atoms with Crippen molar-refractivity contribution in [3.05, 3.63) is 0 Å². The number of carboxylic acids is 1. The van der Waals surface area contributed by atoms with Crippen molar-refractivity contribution >= 4 is 12.0 Å². The molecule has 0 aliphatic heterocycles. The molecule has 1 atom stereocenters. The van der Waals surface area contributed by atoms with E-state index in [1.165, 1.54) is 4.90 Å². The van der Waals surface area contributed by atoms with E-state index in [4.69, 9.17) is 15.3 Å². The first kappa shape index (κ1) is 15.7. The number of nitrogens with zero attached hydrogens (tertiary/aromatic N) is 1. The van der Waals surface area contributed by atoms with Crippen LogP contribution in [0.5, 0.6) is 0 Å². The number of urea groups is 1. The summed E-state index contributed by atoms with van der Waals surface area (Å²) in [7, 11) is 0. The molecule has 100 valence electrons. The van der Waals surface area contributed by atoms with Crippen LogP contribution in [0.25, 0.3) is 0 Å². The smallest absolute Gasteiger partial charge is 0.334 e. The van der Waals surface area contributed by atoms with Crippen molar-refractivity contribution in [1.82, 2.24) is 10.2 Å². The van der Waals surface area contributed by atoms with Gasteiger partial charge in [-0.1, -0.05) is 0 Å². The van der Waals surface area contributed by atoms with Crippen LogP contribution in [-0.4, -0.2) is 64.1 Å². The van der Waals surface area contributed by atoms with Gasteiger partial charge in [0.1, 0.15) is 0 Å². The molecule has 0 saturated heterocycles. The van der Waals surface area contributed by atoms with Crippen LogP contribution in [0.4, 0.5) is 4.79 Å². The van der Waals surface area contributed by atoms with Gasteiger partial charge >= 0.3 is 12.0 Å². The Hall–Kier alpha value is -1.34. The van der Waals surface area contributed by atoms with E-state index in [-0.39, 0.29) is 19.2 Å². The summed E-state index contributed by atoms with van der Waals surface area (Å²) in [4.78, 5) is 23.4. The van der Waals surface area contributed by atoms with Crippen LogP contribution in [0.3, 0.4) is 0 Å². The van der Waals surface area contributed by atoms with Crippen molar-refractivity contribution < 1.29 is 24.9 Å². The van der Waals surface area contributed by atoms with E-state index in [1.54, 1.807) is 0 Å². The van der Waals surface area contributed by atoms with Gasteiger partial charge in [-0.2, -0.15) is 0 Å². The quantitative estimate of drug-likeness (QED) is 0.473. The number of amides is 2. The number of aliphatic hydroxyl groups excluding tert-OH is 2. The van der Waals surface area contributed by atoms with Gasteiger partial charge in [-0.15, -0.1) is 0 Å². The van der Waals surface area contributed by atoms with Crippen LogP contribution in [0.1, 0.15) is 20.3 Å². The van der Waals surface area contributed by atoms with Gasteiger partial charge in [-0.25, -0.2) is 9.59 Å². The average Bonchev–Trinajstić information content (AvgIpc) is 2.25. The fourth-order valence-electron chi connectivity index (χ4n) is 1.21. The summed E-state index contributed by atoms with van der Waals surface area (Å²) in [6, 6.07) is -0.516. The molecule has 7 heteroatoms. The highest BCUT2D eigenvalue weighted by atomic mass is 16.4. The standard InChI is InChI=1S/C10H20N2O5/c1-7(2)12(4-3-5-13)10(17)11-6-8(14)9(15)16/h7-8,13-14H,3-6H2,1-2H3,(H,11,17)(H,15,16). The number of carbonyl (C=O) groups excluding carboxylic acids is 1. The van der Waals surface area contributed by atoms with Crippen LogP contribution < -0.4 is 5.32 Å². The Morgan fingerprint density at radius 3 is 2.35 bits per heavy atom. The van der Waals surface area contributed by atoms with Gasteiger partial charge in [0, 0.05) is 19.2 Å². The van der Waals surface area contributed by atoms with Gasteiger partial charge in [-0.3, -0.25) is 0 Å². The molecule has 7 nitrogen and oxygen atoms in total. The Morgan fingerprint density at radius 2 is 1.94 bits per heavy atom. The second kappa shape index (κ2) is 7.86. The SMILES string of the molecule is CC(C)N(CCCO)C(=O)NCC(O)C(=O)O. The Morgan fingerprint density at radius 1 is 1.35 bits per heavy atom. The van der Waals surface area contributed by atoms with Crippen LogP contribution >= 0.6 is 0 Å². The minimum Gasteiger partial charge on any atom is -0.479 e. The van der Waals surface area contributed by atoms with Crippen molar-refractivity contribution in [3.63, 3.8) is 0 Å². The second-order valence-electron chi connectivity index (χ2n) is 3.90. The number of nitrogens with one attached hydrogen (secondary N) is 1. The molecule has 0 heterocycles. The van der Waals surface area contributed by atoms with E-state index in [9.17, 15) is 9.59 Å². The zero-order chi connectivity index (χ0) is 13.4. The largest absolute Gasteiger partial charge is 0.479 e.